The van der Waals surface area contributed by atoms with E-state index >= 15 is 0 Å². The van der Waals surface area contributed by atoms with Crippen molar-refractivity contribution in [3.63, 3.8) is 0 Å². The third-order valence-electron chi connectivity index (χ3n) is 2.95. The van der Waals surface area contributed by atoms with Gasteiger partial charge in [-0.3, -0.25) is 9.59 Å². The average Bonchev–Trinajstić information content (AvgIpc) is 2.76. The van der Waals surface area contributed by atoms with Crippen LogP contribution in [0, 0.1) is 5.92 Å². The standard InChI is InChI=1S/C11H18N2O5/c1-3-13-5-7(4-9(13)15)10(16)12-8(6-14)11(17)18-2/h7-8,14H,3-6H2,1-2H3,(H,12,16). The monoisotopic (exact) mass is 258 g/mol. The Morgan fingerprint density at radius 1 is 1.61 bits per heavy atom. The lowest BCUT2D eigenvalue weighted by atomic mass is 10.1. The molecule has 0 aromatic rings. The molecule has 0 bridgehead atoms. The molecule has 7 nitrogen and oxygen atoms in total. The lowest BCUT2D eigenvalue weighted by molar-refractivity contribution is -0.146. The third kappa shape index (κ3) is 3.19. The minimum atomic E-state index is -1.08. The first-order chi connectivity index (χ1) is 8.53. The summed E-state index contributed by atoms with van der Waals surface area (Å²) in [5, 5.41) is 11.4. The van der Waals surface area contributed by atoms with Gasteiger partial charge in [0.25, 0.3) is 0 Å². The van der Waals surface area contributed by atoms with Gasteiger partial charge in [-0.2, -0.15) is 0 Å². The Kier molecular flexibility index (Phi) is 5.08. The van der Waals surface area contributed by atoms with Gasteiger partial charge in [-0.05, 0) is 6.92 Å². The molecule has 1 aliphatic rings. The van der Waals surface area contributed by atoms with Crippen molar-refractivity contribution in [2.75, 3.05) is 26.8 Å². The molecular formula is C11H18N2O5. The van der Waals surface area contributed by atoms with Crippen molar-refractivity contribution in [3.8, 4) is 0 Å². The molecule has 1 aliphatic heterocycles. The van der Waals surface area contributed by atoms with Crippen LogP contribution in [0.4, 0.5) is 0 Å². The number of nitrogens with zero attached hydrogens (tertiary/aromatic N) is 1. The zero-order valence-electron chi connectivity index (χ0n) is 10.5. The van der Waals surface area contributed by atoms with E-state index in [1.807, 2.05) is 6.92 Å². The van der Waals surface area contributed by atoms with Crippen molar-refractivity contribution < 1.29 is 24.2 Å². The van der Waals surface area contributed by atoms with Gasteiger partial charge in [-0.1, -0.05) is 0 Å². The summed E-state index contributed by atoms with van der Waals surface area (Å²) in [6.07, 6.45) is 0.138. The summed E-state index contributed by atoms with van der Waals surface area (Å²) in [6.45, 7) is 2.21. The highest BCUT2D eigenvalue weighted by Crippen LogP contribution is 2.17. The van der Waals surface area contributed by atoms with E-state index in [0.717, 1.165) is 0 Å². The Morgan fingerprint density at radius 2 is 2.28 bits per heavy atom. The molecule has 0 radical (unpaired) electrons. The SMILES string of the molecule is CCN1CC(C(=O)NC(CO)C(=O)OC)CC1=O. The van der Waals surface area contributed by atoms with E-state index in [9.17, 15) is 14.4 Å². The molecule has 0 spiro atoms. The molecule has 0 aromatic carbocycles. The van der Waals surface area contributed by atoms with Gasteiger partial charge in [0.1, 0.15) is 0 Å². The van der Waals surface area contributed by atoms with Gasteiger partial charge in [-0.25, -0.2) is 4.79 Å². The molecule has 18 heavy (non-hydrogen) atoms. The van der Waals surface area contributed by atoms with E-state index in [0.29, 0.717) is 13.1 Å². The normalized spacial score (nSPS) is 20.7. The highest BCUT2D eigenvalue weighted by molar-refractivity contribution is 5.91. The molecule has 2 amide bonds. The summed E-state index contributed by atoms with van der Waals surface area (Å²) < 4.78 is 4.44. The molecule has 0 aliphatic carbocycles. The molecule has 1 saturated heterocycles. The summed E-state index contributed by atoms with van der Waals surface area (Å²) in [4.78, 5) is 36.1. The summed E-state index contributed by atoms with van der Waals surface area (Å²) >= 11 is 0. The number of carbonyl (C=O) groups is 3. The molecule has 0 aromatic heterocycles. The number of aliphatic hydroxyl groups excluding tert-OH is 1. The van der Waals surface area contributed by atoms with Gasteiger partial charge in [0, 0.05) is 19.5 Å². The minimum absolute atomic E-state index is 0.0729. The van der Waals surface area contributed by atoms with E-state index in [1.165, 1.54) is 7.11 Å². The van der Waals surface area contributed by atoms with Gasteiger partial charge in [0.2, 0.25) is 11.8 Å². The van der Waals surface area contributed by atoms with E-state index in [4.69, 9.17) is 5.11 Å². The number of esters is 1. The topological polar surface area (TPSA) is 95.9 Å². The van der Waals surface area contributed by atoms with Gasteiger partial charge >= 0.3 is 5.97 Å². The number of methoxy groups -OCH3 is 1. The van der Waals surface area contributed by atoms with Crippen molar-refractivity contribution in [1.82, 2.24) is 10.2 Å². The van der Waals surface area contributed by atoms with Crippen molar-refractivity contribution in [3.05, 3.63) is 0 Å². The van der Waals surface area contributed by atoms with Crippen LogP contribution < -0.4 is 5.32 Å². The van der Waals surface area contributed by atoms with E-state index in [1.54, 1.807) is 4.90 Å². The Hall–Kier alpha value is -1.63. The smallest absolute Gasteiger partial charge is 0.330 e. The average molecular weight is 258 g/mol. The maximum Gasteiger partial charge on any atom is 0.330 e. The van der Waals surface area contributed by atoms with E-state index in [-0.39, 0.29) is 12.3 Å². The highest BCUT2D eigenvalue weighted by atomic mass is 16.5. The molecule has 1 heterocycles. The molecule has 102 valence electrons. The number of nitrogens with one attached hydrogen (secondary N) is 1. The molecule has 2 unspecified atom stereocenters. The van der Waals surface area contributed by atoms with Crippen LogP contribution in [0.3, 0.4) is 0 Å². The number of carbonyl (C=O) groups excluding carboxylic acids is 3. The molecule has 2 N–H and O–H groups in total. The van der Waals surface area contributed by atoms with Crippen molar-refractivity contribution in [2.45, 2.75) is 19.4 Å². The Bertz CT molecular complexity index is 344. The molecule has 0 saturated carbocycles. The molecule has 7 heteroatoms. The van der Waals surface area contributed by atoms with Gasteiger partial charge < -0.3 is 20.1 Å². The van der Waals surface area contributed by atoms with Crippen molar-refractivity contribution >= 4 is 17.8 Å². The summed E-state index contributed by atoms with van der Waals surface area (Å²) in [5.41, 5.74) is 0. The largest absolute Gasteiger partial charge is 0.467 e. The predicted octanol–water partition coefficient (Wildman–Crippen LogP) is -1.50. The van der Waals surface area contributed by atoms with Crippen LogP contribution >= 0.6 is 0 Å². The zero-order chi connectivity index (χ0) is 13.7. The lowest BCUT2D eigenvalue weighted by Gasteiger charge is -2.17. The van der Waals surface area contributed by atoms with Crippen molar-refractivity contribution in [1.29, 1.82) is 0 Å². The number of hydrogen-bond acceptors (Lipinski definition) is 5. The first kappa shape index (κ1) is 14.4. The lowest BCUT2D eigenvalue weighted by Crippen LogP contribution is -2.46. The van der Waals surface area contributed by atoms with E-state index in [2.05, 4.69) is 10.1 Å². The molecule has 2 atom stereocenters. The summed E-state index contributed by atoms with van der Waals surface area (Å²) in [7, 11) is 1.18. The van der Waals surface area contributed by atoms with Crippen LogP contribution in [0.1, 0.15) is 13.3 Å². The van der Waals surface area contributed by atoms with Crippen LogP contribution in [-0.2, 0) is 19.1 Å². The predicted molar refractivity (Wildman–Crippen MR) is 61.4 cm³/mol. The second-order valence-electron chi connectivity index (χ2n) is 4.10. The maximum absolute atomic E-state index is 11.8. The highest BCUT2D eigenvalue weighted by Gasteiger charge is 2.35. The third-order valence-corrected chi connectivity index (χ3v) is 2.95. The van der Waals surface area contributed by atoms with Crippen molar-refractivity contribution in [2.24, 2.45) is 5.92 Å². The Morgan fingerprint density at radius 3 is 2.72 bits per heavy atom. The number of hydrogen-bond donors (Lipinski definition) is 2. The van der Waals surface area contributed by atoms with Crippen LogP contribution in [0.15, 0.2) is 0 Å². The van der Waals surface area contributed by atoms with Crippen LogP contribution in [0.25, 0.3) is 0 Å². The van der Waals surface area contributed by atoms with Gasteiger partial charge in [0.05, 0.1) is 19.6 Å². The summed E-state index contributed by atoms with van der Waals surface area (Å²) in [6, 6.07) is -1.08. The molecular weight excluding hydrogens is 240 g/mol. The Labute approximate surface area is 105 Å². The first-order valence-corrected chi connectivity index (χ1v) is 5.80. The Balaban J connectivity index is 2.56. The number of rotatable bonds is 5. The zero-order valence-corrected chi connectivity index (χ0v) is 10.5. The fraction of sp³-hybridized carbons (Fsp3) is 0.727. The fourth-order valence-corrected chi connectivity index (χ4v) is 1.86. The van der Waals surface area contributed by atoms with Gasteiger partial charge in [0.15, 0.2) is 6.04 Å². The summed E-state index contributed by atoms with van der Waals surface area (Å²) in [5.74, 6) is -1.67. The first-order valence-electron chi connectivity index (χ1n) is 5.80. The fourth-order valence-electron chi connectivity index (χ4n) is 1.86. The second-order valence-corrected chi connectivity index (χ2v) is 4.10. The maximum atomic E-state index is 11.8. The van der Waals surface area contributed by atoms with Crippen LogP contribution in [0.2, 0.25) is 0 Å². The number of ether oxygens (including phenoxy) is 1. The number of aliphatic hydroxyl groups is 1. The molecule has 1 rings (SSSR count). The number of likely N-dealkylation sites (tertiary alicyclic amines) is 1. The molecule has 1 fully saturated rings. The minimum Gasteiger partial charge on any atom is -0.467 e. The van der Waals surface area contributed by atoms with Gasteiger partial charge in [-0.15, -0.1) is 0 Å². The van der Waals surface area contributed by atoms with Crippen LogP contribution in [0.5, 0.6) is 0 Å². The van der Waals surface area contributed by atoms with Crippen LogP contribution in [-0.4, -0.2) is 60.6 Å². The quantitative estimate of drug-likeness (QED) is 0.585. The number of amides is 2. The van der Waals surface area contributed by atoms with E-state index < -0.39 is 30.4 Å². The second kappa shape index (κ2) is 6.34.